The summed E-state index contributed by atoms with van der Waals surface area (Å²) in [5.41, 5.74) is 2.58. The molecule has 0 aliphatic carbocycles. The summed E-state index contributed by atoms with van der Waals surface area (Å²) < 4.78 is 6.79. The number of ether oxygens (including phenoxy) is 1. The van der Waals surface area contributed by atoms with Crippen LogP contribution in [0.2, 0.25) is 0 Å². The van der Waals surface area contributed by atoms with Crippen molar-refractivity contribution < 1.29 is 4.74 Å². The summed E-state index contributed by atoms with van der Waals surface area (Å²) in [5, 5.41) is 3.64. The van der Waals surface area contributed by atoms with Crippen LogP contribution in [-0.2, 0) is 0 Å². The molecule has 1 N–H and O–H groups in total. The fourth-order valence-electron chi connectivity index (χ4n) is 2.33. The van der Waals surface area contributed by atoms with Gasteiger partial charge in [-0.15, -0.1) is 0 Å². The Hall–Kier alpha value is -1.07. The Labute approximate surface area is 141 Å². The van der Waals surface area contributed by atoms with Crippen LogP contribution >= 0.6 is 22.6 Å². The molecule has 0 fully saturated rings. The van der Waals surface area contributed by atoms with Gasteiger partial charge in [-0.1, -0.05) is 31.2 Å². The second-order valence-electron chi connectivity index (χ2n) is 4.94. The van der Waals surface area contributed by atoms with Gasteiger partial charge in [0.05, 0.1) is 12.6 Å². The molecule has 3 heteroatoms. The zero-order chi connectivity index (χ0) is 15.1. The minimum absolute atomic E-state index is 0.232. The standard InChI is InChI=1S/C18H22INO/c1-3-12-20-18(15-6-5-7-16(19)13-15)14-8-10-17(11-9-14)21-4-2/h5-11,13,18,20H,3-4,12H2,1-2H3. The van der Waals surface area contributed by atoms with Gasteiger partial charge in [0.25, 0.3) is 0 Å². The molecule has 2 aromatic carbocycles. The van der Waals surface area contributed by atoms with Gasteiger partial charge >= 0.3 is 0 Å². The molecule has 0 saturated heterocycles. The van der Waals surface area contributed by atoms with Crippen molar-refractivity contribution in [1.29, 1.82) is 0 Å². The van der Waals surface area contributed by atoms with E-state index in [4.69, 9.17) is 4.74 Å². The molecule has 0 bridgehead atoms. The topological polar surface area (TPSA) is 21.3 Å². The molecule has 0 spiro atoms. The van der Waals surface area contributed by atoms with E-state index in [1.54, 1.807) is 0 Å². The maximum Gasteiger partial charge on any atom is 0.119 e. The van der Waals surface area contributed by atoms with Gasteiger partial charge in [0.15, 0.2) is 0 Å². The molecule has 0 aliphatic rings. The van der Waals surface area contributed by atoms with E-state index in [-0.39, 0.29) is 6.04 Å². The van der Waals surface area contributed by atoms with E-state index < -0.39 is 0 Å². The van der Waals surface area contributed by atoms with Gasteiger partial charge in [0.1, 0.15) is 5.75 Å². The van der Waals surface area contributed by atoms with Crippen molar-refractivity contribution >= 4 is 22.6 Å². The molecular weight excluding hydrogens is 373 g/mol. The summed E-state index contributed by atoms with van der Waals surface area (Å²) in [6.45, 7) is 5.90. The van der Waals surface area contributed by atoms with Gasteiger partial charge in [0, 0.05) is 3.57 Å². The van der Waals surface area contributed by atoms with E-state index in [0.717, 1.165) is 18.7 Å². The first-order valence-electron chi connectivity index (χ1n) is 7.46. The van der Waals surface area contributed by atoms with Crippen LogP contribution in [0.1, 0.15) is 37.4 Å². The van der Waals surface area contributed by atoms with Crippen LogP contribution in [0, 0.1) is 3.57 Å². The molecule has 1 unspecified atom stereocenters. The lowest BCUT2D eigenvalue weighted by atomic mass is 9.98. The highest BCUT2D eigenvalue weighted by atomic mass is 127. The van der Waals surface area contributed by atoms with Crippen LogP contribution in [0.25, 0.3) is 0 Å². The molecule has 21 heavy (non-hydrogen) atoms. The quantitative estimate of drug-likeness (QED) is 0.682. The van der Waals surface area contributed by atoms with Crippen molar-refractivity contribution in [3.63, 3.8) is 0 Å². The van der Waals surface area contributed by atoms with Gasteiger partial charge in [-0.25, -0.2) is 0 Å². The SMILES string of the molecule is CCCNC(c1ccc(OCC)cc1)c1cccc(I)c1. The number of hydrogen-bond donors (Lipinski definition) is 1. The molecule has 0 aromatic heterocycles. The van der Waals surface area contributed by atoms with Crippen LogP contribution < -0.4 is 10.1 Å². The average Bonchev–Trinajstić information content (AvgIpc) is 2.50. The minimum Gasteiger partial charge on any atom is -0.494 e. The number of benzene rings is 2. The van der Waals surface area contributed by atoms with Crippen LogP contribution in [0.4, 0.5) is 0 Å². The van der Waals surface area contributed by atoms with Crippen LogP contribution in [0.5, 0.6) is 5.75 Å². The van der Waals surface area contributed by atoms with Crippen molar-refractivity contribution in [3.8, 4) is 5.75 Å². The molecule has 0 heterocycles. The van der Waals surface area contributed by atoms with Gasteiger partial charge in [-0.2, -0.15) is 0 Å². The predicted molar refractivity (Wildman–Crippen MR) is 96.9 cm³/mol. The third-order valence-electron chi connectivity index (χ3n) is 3.30. The maximum absolute atomic E-state index is 5.52. The zero-order valence-corrected chi connectivity index (χ0v) is 14.8. The predicted octanol–water partition coefficient (Wildman–Crippen LogP) is 4.78. The molecule has 1 atom stereocenters. The number of hydrogen-bond acceptors (Lipinski definition) is 2. The summed E-state index contributed by atoms with van der Waals surface area (Å²) >= 11 is 2.36. The first kappa shape index (κ1) is 16.3. The molecule has 0 aliphatic heterocycles. The van der Waals surface area contributed by atoms with Crippen LogP contribution in [-0.4, -0.2) is 13.2 Å². The average molecular weight is 395 g/mol. The Morgan fingerprint density at radius 3 is 2.43 bits per heavy atom. The summed E-state index contributed by atoms with van der Waals surface area (Å²) in [7, 11) is 0. The summed E-state index contributed by atoms with van der Waals surface area (Å²) in [6.07, 6.45) is 1.12. The summed E-state index contributed by atoms with van der Waals surface area (Å²) in [6, 6.07) is 17.3. The third-order valence-corrected chi connectivity index (χ3v) is 3.98. The molecule has 0 amide bonds. The third kappa shape index (κ3) is 4.71. The first-order valence-corrected chi connectivity index (χ1v) is 8.54. The zero-order valence-electron chi connectivity index (χ0n) is 12.6. The Balaban J connectivity index is 2.26. The van der Waals surface area contributed by atoms with Crippen LogP contribution in [0.3, 0.4) is 0 Å². The first-order chi connectivity index (χ1) is 10.2. The van der Waals surface area contributed by atoms with Crippen molar-refractivity contribution in [2.24, 2.45) is 0 Å². The number of halogens is 1. The van der Waals surface area contributed by atoms with Crippen molar-refractivity contribution in [3.05, 3.63) is 63.2 Å². The maximum atomic E-state index is 5.52. The smallest absolute Gasteiger partial charge is 0.119 e. The lowest BCUT2D eigenvalue weighted by Gasteiger charge is -2.20. The molecule has 2 nitrogen and oxygen atoms in total. The summed E-state index contributed by atoms with van der Waals surface area (Å²) in [5.74, 6) is 0.929. The van der Waals surface area contributed by atoms with E-state index in [0.29, 0.717) is 6.61 Å². The number of nitrogens with one attached hydrogen (secondary N) is 1. The van der Waals surface area contributed by atoms with Crippen molar-refractivity contribution in [2.75, 3.05) is 13.2 Å². The largest absolute Gasteiger partial charge is 0.494 e. The molecule has 0 saturated carbocycles. The fourth-order valence-corrected chi connectivity index (χ4v) is 2.89. The second-order valence-corrected chi connectivity index (χ2v) is 6.19. The Morgan fingerprint density at radius 2 is 1.81 bits per heavy atom. The summed E-state index contributed by atoms with van der Waals surface area (Å²) in [4.78, 5) is 0. The Bertz CT molecular complexity index is 553. The Morgan fingerprint density at radius 1 is 1.05 bits per heavy atom. The van der Waals surface area contributed by atoms with Crippen molar-refractivity contribution in [2.45, 2.75) is 26.3 Å². The highest BCUT2D eigenvalue weighted by Crippen LogP contribution is 2.25. The lowest BCUT2D eigenvalue weighted by Crippen LogP contribution is -2.23. The minimum atomic E-state index is 0.232. The van der Waals surface area contributed by atoms with E-state index in [9.17, 15) is 0 Å². The highest BCUT2D eigenvalue weighted by Gasteiger charge is 2.13. The molecule has 2 aromatic rings. The fraction of sp³-hybridized carbons (Fsp3) is 0.333. The van der Waals surface area contributed by atoms with Crippen molar-refractivity contribution in [1.82, 2.24) is 5.32 Å². The van der Waals surface area contributed by atoms with Gasteiger partial charge in [-0.05, 0) is 77.9 Å². The van der Waals surface area contributed by atoms with E-state index in [2.05, 4.69) is 71.2 Å². The lowest BCUT2D eigenvalue weighted by molar-refractivity contribution is 0.340. The molecular formula is C18H22INO. The molecule has 112 valence electrons. The Kier molecular flexibility index (Phi) is 6.51. The molecule has 2 rings (SSSR count). The molecule has 0 radical (unpaired) electrons. The highest BCUT2D eigenvalue weighted by molar-refractivity contribution is 14.1. The van der Waals surface area contributed by atoms with Gasteiger partial charge in [-0.3, -0.25) is 0 Å². The van der Waals surface area contributed by atoms with E-state index in [1.165, 1.54) is 14.7 Å². The van der Waals surface area contributed by atoms with E-state index >= 15 is 0 Å². The van der Waals surface area contributed by atoms with E-state index in [1.807, 2.05) is 19.1 Å². The van der Waals surface area contributed by atoms with Gasteiger partial charge in [0.2, 0.25) is 0 Å². The number of rotatable bonds is 7. The van der Waals surface area contributed by atoms with Crippen LogP contribution in [0.15, 0.2) is 48.5 Å². The normalized spacial score (nSPS) is 12.1. The monoisotopic (exact) mass is 395 g/mol. The van der Waals surface area contributed by atoms with Gasteiger partial charge < -0.3 is 10.1 Å². The second kappa shape index (κ2) is 8.39.